The molecule has 1 aliphatic rings. The van der Waals surface area contributed by atoms with Gasteiger partial charge in [-0.3, -0.25) is 4.79 Å². The summed E-state index contributed by atoms with van der Waals surface area (Å²) >= 11 is 0. The summed E-state index contributed by atoms with van der Waals surface area (Å²) in [5.41, 5.74) is 7.57. The van der Waals surface area contributed by atoms with Crippen LogP contribution >= 0.6 is 0 Å². The molecule has 0 bridgehead atoms. The number of aromatic nitrogens is 2. The van der Waals surface area contributed by atoms with Crippen LogP contribution in [0.2, 0.25) is 0 Å². The number of piperidine rings is 1. The number of nitrogens with two attached hydrogens (primary N) is 1. The van der Waals surface area contributed by atoms with E-state index in [9.17, 15) is 4.79 Å². The Balaban J connectivity index is 1.83. The van der Waals surface area contributed by atoms with Gasteiger partial charge >= 0.3 is 0 Å². The molecule has 3 rings (SSSR count). The van der Waals surface area contributed by atoms with Crippen molar-refractivity contribution in [2.45, 2.75) is 45.7 Å². The van der Waals surface area contributed by atoms with Crippen LogP contribution in [0.1, 0.15) is 50.6 Å². The molecule has 1 amide bonds. The van der Waals surface area contributed by atoms with Gasteiger partial charge in [-0.1, -0.05) is 43.3 Å². The van der Waals surface area contributed by atoms with Crippen molar-refractivity contribution >= 4 is 5.91 Å². The fourth-order valence-electron chi connectivity index (χ4n) is 3.06. The number of carbonyl (C=O) groups excluding carboxylic acids is 1. The second kappa shape index (κ2) is 7.13. The van der Waals surface area contributed by atoms with E-state index in [1.54, 1.807) is 0 Å². The molecule has 0 saturated carbocycles. The number of rotatable bonds is 4. The molecule has 0 radical (unpaired) electrons. The van der Waals surface area contributed by atoms with Crippen molar-refractivity contribution in [1.82, 2.24) is 15.0 Å². The lowest BCUT2D eigenvalue weighted by molar-refractivity contribution is -0.139. The summed E-state index contributed by atoms with van der Waals surface area (Å²) < 4.78 is 5.50. The number of benzene rings is 1. The molecule has 1 fully saturated rings. The first-order valence-corrected chi connectivity index (χ1v) is 8.53. The van der Waals surface area contributed by atoms with E-state index in [1.807, 2.05) is 43.0 Å². The van der Waals surface area contributed by atoms with Gasteiger partial charge in [0.15, 0.2) is 0 Å². The molecule has 0 spiro atoms. The molecule has 1 unspecified atom stereocenters. The first-order chi connectivity index (χ1) is 11.6. The summed E-state index contributed by atoms with van der Waals surface area (Å²) in [4.78, 5) is 18.9. The standard InChI is InChI=1S/C18H24N4O2/c1-12(2)18(23)22-10-4-3-5-15(22)17-20-16(21-24-17)14-8-6-13(11-19)7-9-14/h6-9,12,15H,3-5,10-11,19H2,1-2H3. The lowest BCUT2D eigenvalue weighted by Gasteiger charge is -2.34. The molecular formula is C18H24N4O2. The maximum atomic E-state index is 12.5. The maximum absolute atomic E-state index is 12.5. The summed E-state index contributed by atoms with van der Waals surface area (Å²) in [5.74, 6) is 1.20. The Hall–Kier alpha value is -2.21. The Kier molecular flexibility index (Phi) is 4.94. The van der Waals surface area contributed by atoms with Gasteiger partial charge in [0, 0.05) is 24.6 Å². The Morgan fingerprint density at radius 2 is 2.08 bits per heavy atom. The predicted octanol–water partition coefficient (Wildman–Crippen LogP) is 2.90. The average Bonchev–Trinajstić information content (AvgIpc) is 3.11. The van der Waals surface area contributed by atoms with E-state index in [0.717, 1.165) is 36.9 Å². The summed E-state index contributed by atoms with van der Waals surface area (Å²) in [6, 6.07) is 7.68. The molecule has 2 N–H and O–H groups in total. The molecule has 1 aliphatic heterocycles. The largest absolute Gasteiger partial charge is 0.337 e. The van der Waals surface area contributed by atoms with Crippen LogP contribution in [0.3, 0.4) is 0 Å². The fourth-order valence-corrected chi connectivity index (χ4v) is 3.06. The van der Waals surface area contributed by atoms with Crippen molar-refractivity contribution in [2.24, 2.45) is 11.7 Å². The molecular weight excluding hydrogens is 304 g/mol. The van der Waals surface area contributed by atoms with E-state index >= 15 is 0 Å². The van der Waals surface area contributed by atoms with Crippen LogP contribution in [0.25, 0.3) is 11.4 Å². The minimum absolute atomic E-state index is 0.0307. The molecule has 2 aromatic rings. The molecule has 1 saturated heterocycles. The van der Waals surface area contributed by atoms with Crippen LogP contribution in [-0.4, -0.2) is 27.5 Å². The van der Waals surface area contributed by atoms with Crippen molar-refractivity contribution in [3.63, 3.8) is 0 Å². The number of amides is 1. The van der Waals surface area contributed by atoms with Gasteiger partial charge < -0.3 is 15.2 Å². The number of likely N-dealkylation sites (tertiary alicyclic amines) is 1. The third-order valence-electron chi connectivity index (χ3n) is 4.45. The van der Waals surface area contributed by atoms with Crippen molar-refractivity contribution in [1.29, 1.82) is 0 Å². The fraction of sp³-hybridized carbons (Fsp3) is 0.500. The Morgan fingerprint density at radius 3 is 2.75 bits per heavy atom. The zero-order valence-corrected chi connectivity index (χ0v) is 14.2. The average molecular weight is 328 g/mol. The quantitative estimate of drug-likeness (QED) is 0.932. The highest BCUT2D eigenvalue weighted by Crippen LogP contribution is 2.32. The summed E-state index contributed by atoms with van der Waals surface area (Å²) in [6.07, 6.45) is 2.96. The summed E-state index contributed by atoms with van der Waals surface area (Å²) in [7, 11) is 0. The minimum atomic E-state index is -0.113. The molecule has 1 aromatic carbocycles. The predicted molar refractivity (Wildman–Crippen MR) is 90.8 cm³/mol. The van der Waals surface area contributed by atoms with Crippen molar-refractivity contribution in [3.8, 4) is 11.4 Å². The molecule has 1 aromatic heterocycles. The van der Waals surface area contributed by atoms with Crippen LogP contribution in [0, 0.1) is 5.92 Å². The molecule has 24 heavy (non-hydrogen) atoms. The molecule has 128 valence electrons. The van der Waals surface area contributed by atoms with Crippen LogP contribution in [-0.2, 0) is 11.3 Å². The molecule has 1 atom stereocenters. The summed E-state index contributed by atoms with van der Waals surface area (Å²) in [5, 5.41) is 4.10. The van der Waals surface area contributed by atoms with E-state index in [1.165, 1.54) is 0 Å². The van der Waals surface area contributed by atoms with Gasteiger partial charge in [-0.15, -0.1) is 0 Å². The van der Waals surface area contributed by atoms with Gasteiger partial charge in [-0.25, -0.2) is 0 Å². The van der Waals surface area contributed by atoms with Crippen LogP contribution in [0.4, 0.5) is 0 Å². The number of nitrogens with zero attached hydrogens (tertiary/aromatic N) is 3. The summed E-state index contributed by atoms with van der Waals surface area (Å²) in [6.45, 7) is 5.11. The van der Waals surface area contributed by atoms with Gasteiger partial charge in [0.25, 0.3) is 0 Å². The zero-order valence-electron chi connectivity index (χ0n) is 14.2. The topological polar surface area (TPSA) is 85.2 Å². The number of carbonyl (C=O) groups is 1. The molecule has 6 nitrogen and oxygen atoms in total. The zero-order chi connectivity index (χ0) is 17.1. The first-order valence-electron chi connectivity index (χ1n) is 8.53. The van der Waals surface area contributed by atoms with Gasteiger partial charge in [-0.05, 0) is 24.8 Å². The van der Waals surface area contributed by atoms with E-state index in [-0.39, 0.29) is 17.9 Å². The van der Waals surface area contributed by atoms with Crippen LogP contribution in [0.5, 0.6) is 0 Å². The Morgan fingerprint density at radius 1 is 1.33 bits per heavy atom. The van der Waals surface area contributed by atoms with Gasteiger partial charge in [0.2, 0.25) is 17.6 Å². The number of hydrogen-bond acceptors (Lipinski definition) is 5. The van der Waals surface area contributed by atoms with Crippen LogP contribution < -0.4 is 5.73 Å². The Labute approximate surface area is 142 Å². The van der Waals surface area contributed by atoms with E-state index < -0.39 is 0 Å². The third-order valence-corrected chi connectivity index (χ3v) is 4.45. The monoisotopic (exact) mass is 328 g/mol. The van der Waals surface area contributed by atoms with E-state index in [0.29, 0.717) is 18.3 Å². The SMILES string of the molecule is CC(C)C(=O)N1CCCCC1c1nc(-c2ccc(CN)cc2)no1. The molecule has 2 heterocycles. The maximum Gasteiger partial charge on any atom is 0.249 e. The lowest BCUT2D eigenvalue weighted by Crippen LogP contribution is -2.40. The highest BCUT2D eigenvalue weighted by molar-refractivity contribution is 5.78. The van der Waals surface area contributed by atoms with Crippen molar-refractivity contribution < 1.29 is 9.32 Å². The van der Waals surface area contributed by atoms with E-state index in [2.05, 4.69) is 10.1 Å². The highest BCUT2D eigenvalue weighted by Gasteiger charge is 2.33. The Bertz CT molecular complexity index is 693. The normalized spacial score (nSPS) is 18.2. The first kappa shape index (κ1) is 16.6. The van der Waals surface area contributed by atoms with Gasteiger partial charge in [0.05, 0.1) is 0 Å². The van der Waals surface area contributed by atoms with Crippen LogP contribution in [0.15, 0.2) is 28.8 Å². The van der Waals surface area contributed by atoms with Crippen molar-refractivity contribution in [3.05, 3.63) is 35.7 Å². The van der Waals surface area contributed by atoms with Crippen molar-refractivity contribution in [2.75, 3.05) is 6.54 Å². The second-order valence-corrected chi connectivity index (χ2v) is 6.56. The third kappa shape index (κ3) is 3.33. The van der Waals surface area contributed by atoms with Gasteiger partial charge in [-0.2, -0.15) is 4.98 Å². The lowest BCUT2D eigenvalue weighted by atomic mass is 10.00. The van der Waals surface area contributed by atoms with E-state index in [4.69, 9.17) is 10.3 Å². The molecule has 0 aliphatic carbocycles. The van der Waals surface area contributed by atoms with Gasteiger partial charge in [0.1, 0.15) is 6.04 Å². The number of hydrogen-bond donors (Lipinski definition) is 1. The smallest absolute Gasteiger partial charge is 0.249 e. The second-order valence-electron chi connectivity index (χ2n) is 6.56. The minimum Gasteiger partial charge on any atom is -0.337 e. The highest BCUT2D eigenvalue weighted by atomic mass is 16.5. The molecule has 6 heteroatoms.